The summed E-state index contributed by atoms with van der Waals surface area (Å²) >= 11 is 0. The molecule has 0 radical (unpaired) electrons. The smallest absolute Gasteiger partial charge is 0.240 e. The average Bonchev–Trinajstić information content (AvgIpc) is 3.32. The molecule has 1 atom stereocenters. The SMILES string of the molecule is CCCc1nnc(/C=C/c2ccc(C3(C)c4ccccc4CCN3c3ccc(F)cc3)cc2)o1. The third-order valence-corrected chi connectivity index (χ3v) is 6.66. The maximum absolute atomic E-state index is 13.6. The minimum atomic E-state index is -0.379. The second kappa shape index (κ2) is 9.26. The van der Waals surface area contributed by atoms with Gasteiger partial charge in [-0.2, -0.15) is 0 Å². The molecular formula is C29H28FN3O. The zero-order chi connectivity index (χ0) is 23.5. The first-order valence-corrected chi connectivity index (χ1v) is 11.8. The maximum Gasteiger partial charge on any atom is 0.240 e. The highest BCUT2D eigenvalue weighted by Crippen LogP contribution is 2.43. The first kappa shape index (κ1) is 22.1. The fourth-order valence-electron chi connectivity index (χ4n) is 4.87. The fourth-order valence-corrected chi connectivity index (χ4v) is 4.87. The van der Waals surface area contributed by atoms with Crippen molar-refractivity contribution >= 4 is 17.8 Å². The van der Waals surface area contributed by atoms with Crippen molar-refractivity contribution in [3.63, 3.8) is 0 Å². The number of aromatic nitrogens is 2. The Morgan fingerprint density at radius 2 is 1.74 bits per heavy atom. The molecule has 0 fully saturated rings. The van der Waals surface area contributed by atoms with Gasteiger partial charge in [-0.25, -0.2) is 4.39 Å². The third kappa shape index (κ3) is 4.14. The summed E-state index contributed by atoms with van der Waals surface area (Å²) in [6.45, 7) is 5.20. The van der Waals surface area contributed by atoms with Crippen LogP contribution in [0.3, 0.4) is 0 Å². The third-order valence-electron chi connectivity index (χ3n) is 6.66. The van der Waals surface area contributed by atoms with Crippen LogP contribution >= 0.6 is 0 Å². The van der Waals surface area contributed by atoms with Crippen LogP contribution in [0.15, 0.2) is 77.2 Å². The van der Waals surface area contributed by atoms with Gasteiger partial charge >= 0.3 is 0 Å². The minimum absolute atomic E-state index is 0.220. The van der Waals surface area contributed by atoms with Crippen LogP contribution in [0.1, 0.15) is 54.3 Å². The summed E-state index contributed by atoms with van der Waals surface area (Å²) in [7, 11) is 0. The van der Waals surface area contributed by atoms with Gasteiger partial charge in [0.1, 0.15) is 5.82 Å². The summed E-state index contributed by atoms with van der Waals surface area (Å²) in [4.78, 5) is 2.38. The molecule has 3 aromatic carbocycles. The van der Waals surface area contributed by atoms with Gasteiger partial charge in [-0.1, -0.05) is 55.5 Å². The first-order chi connectivity index (χ1) is 16.6. The van der Waals surface area contributed by atoms with Gasteiger partial charge in [-0.05, 0) is 72.4 Å². The standard InChI is InChI=1S/C29H28FN3O/c1-3-6-27-31-32-28(34-27)18-11-21-9-12-23(13-10-21)29(2)26-8-5-4-7-22(26)19-20-33(29)25-16-14-24(30)15-17-25/h4-5,7-18H,3,6,19-20H2,1-2H3/b18-11+. The van der Waals surface area contributed by atoms with E-state index in [2.05, 4.69) is 77.5 Å². The van der Waals surface area contributed by atoms with Gasteiger partial charge in [0, 0.05) is 24.7 Å². The number of anilines is 1. The molecular weight excluding hydrogens is 425 g/mol. The van der Waals surface area contributed by atoms with Crippen LogP contribution in [-0.4, -0.2) is 16.7 Å². The van der Waals surface area contributed by atoms with E-state index in [4.69, 9.17) is 4.42 Å². The lowest BCUT2D eigenvalue weighted by atomic mass is 9.76. The Labute approximate surface area is 199 Å². The molecule has 1 aliphatic rings. The Balaban J connectivity index is 1.48. The average molecular weight is 454 g/mol. The molecule has 4 nitrogen and oxygen atoms in total. The molecule has 4 aromatic rings. The topological polar surface area (TPSA) is 42.2 Å². The second-order valence-electron chi connectivity index (χ2n) is 8.85. The van der Waals surface area contributed by atoms with E-state index in [1.165, 1.54) is 28.8 Å². The highest BCUT2D eigenvalue weighted by molar-refractivity contribution is 5.67. The summed E-state index contributed by atoms with van der Waals surface area (Å²) in [5, 5.41) is 8.16. The Bertz CT molecular complexity index is 1290. The van der Waals surface area contributed by atoms with Gasteiger partial charge in [0.05, 0.1) is 5.54 Å². The summed E-state index contributed by atoms with van der Waals surface area (Å²) < 4.78 is 19.3. The van der Waals surface area contributed by atoms with E-state index in [1.807, 2.05) is 24.3 Å². The molecule has 1 aliphatic heterocycles. The number of aryl methyl sites for hydroxylation is 1. The van der Waals surface area contributed by atoms with Crippen molar-refractivity contribution in [2.75, 3.05) is 11.4 Å². The molecule has 0 N–H and O–H groups in total. The van der Waals surface area contributed by atoms with E-state index in [0.717, 1.165) is 37.1 Å². The zero-order valence-corrected chi connectivity index (χ0v) is 19.5. The number of hydrogen-bond acceptors (Lipinski definition) is 4. The van der Waals surface area contributed by atoms with E-state index in [0.29, 0.717) is 11.8 Å². The second-order valence-corrected chi connectivity index (χ2v) is 8.85. The van der Waals surface area contributed by atoms with Gasteiger partial charge in [0.15, 0.2) is 0 Å². The molecule has 1 aromatic heterocycles. The Kier molecular flexibility index (Phi) is 6.01. The van der Waals surface area contributed by atoms with Crippen LogP contribution in [0.5, 0.6) is 0 Å². The highest BCUT2D eigenvalue weighted by Gasteiger charge is 2.40. The van der Waals surface area contributed by atoms with Crippen molar-refractivity contribution in [2.45, 2.75) is 38.6 Å². The molecule has 0 saturated heterocycles. The van der Waals surface area contributed by atoms with Crippen molar-refractivity contribution in [3.05, 3.63) is 113 Å². The lowest BCUT2D eigenvalue weighted by Crippen LogP contribution is -2.49. The zero-order valence-electron chi connectivity index (χ0n) is 19.5. The number of halogens is 1. The molecule has 0 amide bonds. The molecule has 5 heteroatoms. The highest BCUT2D eigenvalue weighted by atomic mass is 19.1. The van der Waals surface area contributed by atoms with Crippen molar-refractivity contribution in [2.24, 2.45) is 0 Å². The molecule has 0 bridgehead atoms. The quantitative estimate of drug-likeness (QED) is 0.327. The largest absolute Gasteiger partial charge is 0.421 e. The van der Waals surface area contributed by atoms with Crippen molar-refractivity contribution < 1.29 is 8.81 Å². The van der Waals surface area contributed by atoms with Crippen LogP contribution in [0.2, 0.25) is 0 Å². The van der Waals surface area contributed by atoms with Gasteiger partial charge < -0.3 is 9.32 Å². The molecule has 0 saturated carbocycles. The normalized spacial score (nSPS) is 17.8. The molecule has 5 rings (SSSR count). The van der Waals surface area contributed by atoms with Gasteiger partial charge in [-0.3, -0.25) is 0 Å². The Morgan fingerprint density at radius 1 is 0.971 bits per heavy atom. The maximum atomic E-state index is 13.6. The predicted molar refractivity (Wildman–Crippen MR) is 134 cm³/mol. The van der Waals surface area contributed by atoms with Crippen LogP contribution in [0.4, 0.5) is 10.1 Å². The van der Waals surface area contributed by atoms with E-state index in [-0.39, 0.29) is 11.4 Å². The summed E-state index contributed by atoms with van der Waals surface area (Å²) in [5.41, 5.74) is 5.51. The lowest BCUT2D eigenvalue weighted by Gasteiger charge is -2.48. The van der Waals surface area contributed by atoms with Crippen LogP contribution in [0.25, 0.3) is 12.2 Å². The number of benzene rings is 3. The molecule has 2 heterocycles. The minimum Gasteiger partial charge on any atom is -0.421 e. The fraction of sp³-hybridized carbons (Fsp3) is 0.241. The van der Waals surface area contributed by atoms with Gasteiger partial charge in [0.2, 0.25) is 11.8 Å². The summed E-state index contributed by atoms with van der Waals surface area (Å²) in [6, 6.07) is 24.0. The number of hydrogen-bond donors (Lipinski definition) is 0. The monoisotopic (exact) mass is 453 g/mol. The van der Waals surface area contributed by atoms with Crippen molar-refractivity contribution in [3.8, 4) is 0 Å². The van der Waals surface area contributed by atoms with E-state index < -0.39 is 0 Å². The number of rotatable bonds is 6. The number of nitrogens with zero attached hydrogens (tertiary/aromatic N) is 3. The molecule has 1 unspecified atom stereocenters. The Hall–Kier alpha value is -3.73. The van der Waals surface area contributed by atoms with Crippen LogP contribution < -0.4 is 4.90 Å². The summed E-state index contributed by atoms with van der Waals surface area (Å²) in [5.74, 6) is 0.965. The molecule has 172 valence electrons. The number of fused-ring (bicyclic) bond motifs is 1. The molecule has 0 aliphatic carbocycles. The summed E-state index contributed by atoms with van der Waals surface area (Å²) in [6.07, 6.45) is 6.56. The van der Waals surface area contributed by atoms with Gasteiger partial charge in [0.25, 0.3) is 0 Å². The molecule has 34 heavy (non-hydrogen) atoms. The predicted octanol–water partition coefficient (Wildman–Crippen LogP) is 6.66. The first-order valence-electron chi connectivity index (χ1n) is 11.8. The molecule has 0 spiro atoms. The lowest BCUT2D eigenvalue weighted by molar-refractivity contribution is 0.482. The van der Waals surface area contributed by atoms with E-state index in [1.54, 1.807) is 0 Å². The van der Waals surface area contributed by atoms with E-state index in [9.17, 15) is 4.39 Å². The van der Waals surface area contributed by atoms with Crippen molar-refractivity contribution in [1.29, 1.82) is 0 Å². The van der Waals surface area contributed by atoms with E-state index >= 15 is 0 Å². The Morgan fingerprint density at radius 3 is 2.50 bits per heavy atom. The van der Waals surface area contributed by atoms with Crippen molar-refractivity contribution in [1.82, 2.24) is 10.2 Å². The van der Waals surface area contributed by atoms with Crippen LogP contribution in [-0.2, 0) is 18.4 Å². The van der Waals surface area contributed by atoms with Gasteiger partial charge in [-0.15, -0.1) is 10.2 Å². The van der Waals surface area contributed by atoms with Crippen LogP contribution in [0, 0.1) is 5.82 Å².